The molecule has 0 aromatic heterocycles. The van der Waals surface area contributed by atoms with Crippen LogP contribution in [0.3, 0.4) is 0 Å². The topological polar surface area (TPSA) is 57.7 Å². The zero-order chi connectivity index (χ0) is 17.3. The van der Waals surface area contributed by atoms with Crippen LogP contribution >= 0.6 is 0 Å². The second-order valence-corrected chi connectivity index (χ2v) is 9.56. The van der Waals surface area contributed by atoms with E-state index in [-0.39, 0.29) is 10.8 Å². The lowest BCUT2D eigenvalue weighted by molar-refractivity contribution is 0.0780. The quantitative estimate of drug-likeness (QED) is 0.835. The van der Waals surface area contributed by atoms with Crippen molar-refractivity contribution in [1.82, 2.24) is 9.80 Å². The maximum atomic E-state index is 12.7. The molecule has 2 heterocycles. The fraction of sp³-hybridized carbons (Fsp3) is 0.611. The number of amides is 1. The SMILES string of the molecule is CC(C)S(=O)(=O)c1ccc(C(=O)N2CCC(N3CCCC3)C2)cc1. The molecule has 1 aromatic carbocycles. The molecule has 5 nitrogen and oxygen atoms in total. The average molecular weight is 350 g/mol. The van der Waals surface area contributed by atoms with Crippen molar-refractivity contribution in [3.05, 3.63) is 29.8 Å². The fourth-order valence-electron chi connectivity index (χ4n) is 3.57. The molecule has 0 N–H and O–H groups in total. The van der Waals surface area contributed by atoms with E-state index in [0.717, 1.165) is 32.6 Å². The number of benzene rings is 1. The first-order valence-electron chi connectivity index (χ1n) is 8.77. The summed E-state index contributed by atoms with van der Waals surface area (Å²) in [5.74, 6) is 0.00481. The van der Waals surface area contributed by atoms with Gasteiger partial charge in [-0.05, 0) is 70.5 Å². The Morgan fingerprint density at radius 3 is 2.29 bits per heavy atom. The second-order valence-electron chi connectivity index (χ2n) is 7.05. The molecule has 1 amide bonds. The Bertz CT molecular complexity index is 691. The van der Waals surface area contributed by atoms with Gasteiger partial charge in [-0.25, -0.2) is 8.42 Å². The molecule has 6 heteroatoms. The third kappa shape index (κ3) is 3.35. The maximum Gasteiger partial charge on any atom is 0.253 e. The molecule has 1 unspecified atom stereocenters. The predicted octanol–water partition coefficient (Wildman–Crippen LogP) is 2.18. The molecular weight excluding hydrogens is 324 g/mol. The maximum absolute atomic E-state index is 12.7. The summed E-state index contributed by atoms with van der Waals surface area (Å²) in [6.45, 7) is 7.19. The number of carbonyl (C=O) groups is 1. The summed E-state index contributed by atoms with van der Waals surface area (Å²) >= 11 is 0. The highest BCUT2D eigenvalue weighted by molar-refractivity contribution is 7.92. The van der Waals surface area contributed by atoms with E-state index in [1.165, 1.54) is 12.8 Å². The van der Waals surface area contributed by atoms with Gasteiger partial charge in [-0.15, -0.1) is 0 Å². The van der Waals surface area contributed by atoms with Gasteiger partial charge in [0.25, 0.3) is 5.91 Å². The number of hydrogen-bond acceptors (Lipinski definition) is 4. The van der Waals surface area contributed by atoms with Crippen LogP contribution in [0, 0.1) is 0 Å². The largest absolute Gasteiger partial charge is 0.337 e. The van der Waals surface area contributed by atoms with E-state index in [0.29, 0.717) is 11.6 Å². The molecule has 0 aliphatic carbocycles. The second kappa shape index (κ2) is 6.84. The van der Waals surface area contributed by atoms with E-state index in [9.17, 15) is 13.2 Å². The third-order valence-electron chi connectivity index (χ3n) is 5.16. The van der Waals surface area contributed by atoms with Gasteiger partial charge in [-0.1, -0.05) is 0 Å². The molecule has 132 valence electrons. The standard InChI is InChI=1S/C18H26N2O3S/c1-14(2)24(22,23)17-7-5-15(6-8-17)18(21)20-12-9-16(13-20)19-10-3-4-11-19/h5-8,14,16H,3-4,9-13H2,1-2H3. The first-order chi connectivity index (χ1) is 11.4. The van der Waals surface area contributed by atoms with Crippen LogP contribution in [0.2, 0.25) is 0 Å². The van der Waals surface area contributed by atoms with Crippen LogP contribution in [0.15, 0.2) is 29.2 Å². The van der Waals surface area contributed by atoms with E-state index >= 15 is 0 Å². The van der Waals surface area contributed by atoms with Gasteiger partial charge in [0.2, 0.25) is 0 Å². The summed E-state index contributed by atoms with van der Waals surface area (Å²) in [4.78, 5) is 17.3. The highest BCUT2D eigenvalue weighted by Crippen LogP contribution is 2.23. The molecule has 2 fully saturated rings. The van der Waals surface area contributed by atoms with E-state index in [2.05, 4.69) is 4.90 Å². The minimum atomic E-state index is -3.29. The van der Waals surface area contributed by atoms with Gasteiger partial charge >= 0.3 is 0 Å². The third-order valence-corrected chi connectivity index (χ3v) is 7.33. The van der Waals surface area contributed by atoms with Crippen molar-refractivity contribution in [1.29, 1.82) is 0 Å². The molecule has 1 aromatic rings. The normalized spacial score (nSPS) is 22.5. The van der Waals surface area contributed by atoms with Gasteiger partial charge in [0.1, 0.15) is 0 Å². The molecule has 0 radical (unpaired) electrons. The van der Waals surface area contributed by atoms with Crippen molar-refractivity contribution >= 4 is 15.7 Å². The first-order valence-corrected chi connectivity index (χ1v) is 10.3. The fourth-order valence-corrected chi connectivity index (χ4v) is 4.63. The zero-order valence-electron chi connectivity index (χ0n) is 14.4. The van der Waals surface area contributed by atoms with Crippen LogP contribution in [0.1, 0.15) is 43.5 Å². The number of sulfone groups is 1. The summed E-state index contributed by atoms with van der Waals surface area (Å²) < 4.78 is 24.3. The number of carbonyl (C=O) groups excluding carboxylic acids is 1. The van der Waals surface area contributed by atoms with E-state index in [1.54, 1.807) is 38.1 Å². The van der Waals surface area contributed by atoms with Crippen LogP contribution in [-0.4, -0.2) is 61.6 Å². The van der Waals surface area contributed by atoms with Crippen LogP contribution < -0.4 is 0 Å². The molecule has 1 atom stereocenters. The minimum Gasteiger partial charge on any atom is -0.337 e. The monoisotopic (exact) mass is 350 g/mol. The number of rotatable bonds is 4. The molecule has 0 bridgehead atoms. The predicted molar refractivity (Wildman–Crippen MR) is 93.9 cm³/mol. The van der Waals surface area contributed by atoms with E-state index in [1.807, 2.05) is 4.90 Å². The molecule has 3 rings (SSSR count). The lowest BCUT2D eigenvalue weighted by Crippen LogP contribution is -2.37. The Balaban J connectivity index is 1.67. The summed E-state index contributed by atoms with van der Waals surface area (Å²) in [5, 5.41) is -0.459. The van der Waals surface area contributed by atoms with Gasteiger partial charge in [0.15, 0.2) is 9.84 Å². The molecule has 0 spiro atoms. The van der Waals surface area contributed by atoms with E-state index < -0.39 is 15.1 Å². The molecule has 24 heavy (non-hydrogen) atoms. The summed E-state index contributed by atoms with van der Waals surface area (Å²) in [5.41, 5.74) is 0.569. The smallest absolute Gasteiger partial charge is 0.253 e. The zero-order valence-corrected chi connectivity index (χ0v) is 15.3. The Morgan fingerprint density at radius 2 is 1.71 bits per heavy atom. The Kier molecular flexibility index (Phi) is 4.97. The lowest BCUT2D eigenvalue weighted by atomic mass is 10.2. The Hall–Kier alpha value is -1.40. The van der Waals surface area contributed by atoms with Crippen molar-refractivity contribution in [2.24, 2.45) is 0 Å². The highest BCUT2D eigenvalue weighted by Gasteiger charge is 2.32. The molecule has 2 aliphatic heterocycles. The summed E-state index contributed by atoms with van der Waals surface area (Å²) in [6, 6.07) is 6.87. The van der Waals surface area contributed by atoms with Crippen LogP contribution in [0.5, 0.6) is 0 Å². The van der Waals surface area contributed by atoms with Crippen LogP contribution in [0.25, 0.3) is 0 Å². The lowest BCUT2D eigenvalue weighted by Gasteiger charge is -2.23. The van der Waals surface area contributed by atoms with Crippen LogP contribution in [0.4, 0.5) is 0 Å². The van der Waals surface area contributed by atoms with Crippen molar-refractivity contribution in [3.63, 3.8) is 0 Å². The van der Waals surface area contributed by atoms with Crippen molar-refractivity contribution in [2.75, 3.05) is 26.2 Å². The number of nitrogens with zero attached hydrogens (tertiary/aromatic N) is 2. The molecule has 2 aliphatic rings. The van der Waals surface area contributed by atoms with Gasteiger partial charge in [0, 0.05) is 24.7 Å². The minimum absolute atomic E-state index is 0.00481. The summed E-state index contributed by atoms with van der Waals surface area (Å²) in [6.07, 6.45) is 3.55. The van der Waals surface area contributed by atoms with E-state index in [4.69, 9.17) is 0 Å². The van der Waals surface area contributed by atoms with Crippen LogP contribution in [-0.2, 0) is 9.84 Å². The van der Waals surface area contributed by atoms with Gasteiger partial charge < -0.3 is 4.90 Å². The highest BCUT2D eigenvalue weighted by atomic mass is 32.2. The molecule has 0 saturated carbocycles. The molecule has 2 saturated heterocycles. The van der Waals surface area contributed by atoms with Crippen molar-refractivity contribution in [3.8, 4) is 0 Å². The molecular formula is C18H26N2O3S. The first kappa shape index (κ1) is 17.4. The van der Waals surface area contributed by atoms with Gasteiger partial charge in [-0.2, -0.15) is 0 Å². The van der Waals surface area contributed by atoms with Gasteiger partial charge in [0.05, 0.1) is 10.1 Å². The number of hydrogen-bond donors (Lipinski definition) is 0. The average Bonchev–Trinajstić information content (AvgIpc) is 3.25. The number of likely N-dealkylation sites (tertiary alicyclic amines) is 2. The van der Waals surface area contributed by atoms with Crippen molar-refractivity contribution < 1.29 is 13.2 Å². The Labute approximate surface area is 144 Å². The van der Waals surface area contributed by atoms with Crippen molar-refractivity contribution in [2.45, 2.75) is 49.3 Å². The Morgan fingerprint density at radius 1 is 1.08 bits per heavy atom. The summed E-state index contributed by atoms with van der Waals surface area (Å²) in [7, 11) is -3.29. The van der Waals surface area contributed by atoms with Gasteiger partial charge in [-0.3, -0.25) is 9.69 Å².